The summed E-state index contributed by atoms with van der Waals surface area (Å²) >= 11 is 2.77. The molecule has 0 saturated heterocycles. The SMILES string of the molecule is C=CCn1c(SCC(=O)Nc2sc3c(c2C(=O)OC(C)C)CCCC3)nnc1C(C)Oc1ccc(CC)cc1. The Bertz CT molecular complexity index is 1310. The maximum atomic E-state index is 13.0. The van der Waals surface area contributed by atoms with Crippen LogP contribution in [0.15, 0.2) is 42.1 Å². The van der Waals surface area contributed by atoms with Crippen molar-refractivity contribution in [1.29, 1.82) is 0 Å². The number of fused-ring (bicyclic) bond motifs is 1. The molecule has 208 valence electrons. The molecule has 3 aromatic rings. The Balaban J connectivity index is 1.45. The second kappa shape index (κ2) is 13.3. The Labute approximate surface area is 238 Å². The maximum Gasteiger partial charge on any atom is 0.341 e. The minimum absolute atomic E-state index is 0.115. The van der Waals surface area contributed by atoms with Crippen LogP contribution in [-0.4, -0.2) is 38.5 Å². The molecule has 0 aliphatic heterocycles. The van der Waals surface area contributed by atoms with Crippen molar-refractivity contribution in [3.8, 4) is 5.75 Å². The minimum atomic E-state index is -0.374. The molecule has 1 aliphatic carbocycles. The maximum absolute atomic E-state index is 13.0. The van der Waals surface area contributed by atoms with E-state index in [0.717, 1.165) is 48.3 Å². The number of allylic oxidation sites excluding steroid dienone is 1. The van der Waals surface area contributed by atoms with Gasteiger partial charge in [0, 0.05) is 11.4 Å². The number of amides is 1. The largest absolute Gasteiger partial charge is 0.483 e. The van der Waals surface area contributed by atoms with Crippen molar-refractivity contribution in [2.24, 2.45) is 0 Å². The van der Waals surface area contributed by atoms with Crippen molar-refractivity contribution >= 4 is 40.0 Å². The van der Waals surface area contributed by atoms with E-state index in [1.165, 1.54) is 28.7 Å². The molecule has 4 rings (SSSR count). The number of carbonyl (C=O) groups excluding carboxylic acids is 2. The van der Waals surface area contributed by atoms with Crippen LogP contribution in [0.1, 0.15) is 78.8 Å². The number of hydrogen-bond donors (Lipinski definition) is 1. The van der Waals surface area contributed by atoms with Gasteiger partial charge in [-0.15, -0.1) is 28.1 Å². The molecule has 2 aromatic heterocycles. The molecule has 0 fully saturated rings. The fourth-order valence-electron chi connectivity index (χ4n) is 4.50. The first kappa shape index (κ1) is 28.9. The highest BCUT2D eigenvalue weighted by atomic mass is 32.2. The van der Waals surface area contributed by atoms with Gasteiger partial charge in [0.1, 0.15) is 10.8 Å². The van der Waals surface area contributed by atoms with Gasteiger partial charge in [-0.05, 0) is 76.1 Å². The first-order valence-electron chi connectivity index (χ1n) is 13.4. The van der Waals surface area contributed by atoms with Crippen LogP contribution >= 0.6 is 23.1 Å². The predicted octanol–water partition coefficient (Wildman–Crippen LogP) is 6.40. The van der Waals surface area contributed by atoms with Gasteiger partial charge in [-0.1, -0.05) is 36.9 Å². The summed E-state index contributed by atoms with van der Waals surface area (Å²) in [5.74, 6) is 0.937. The van der Waals surface area contributed by atoms with Crippen molar-refractivity contribution in [3.63, 3.8) is 0 Å². The molecule has 1 atom stereocenters. The number of thiophene rings is 1. The molecule has 1 aromatic carbocycles. The van der Waals surface area contributed by atoms with E-state index in [1.54, 1.807) is 6.08 Å². The van der Waals surface area contributed by atoms with Crippen LogP contribution in [-0.2, 0) is 35.3 Å². The molecule has 1 amide bonds. The fraction of sp³-hybridized carbons (Fsp3) is 0.448. The summed E-state index contributed by atoms with van der Waals surface area (Å²) in [6.45, 7) is 12.0. The van der Waals surface area contributed by atoms with Crippen LogP contribution in [0.5, 0.6) is 5.75 Å². The third kappa shape index (κ3) is 7.10. The smallest absolute Gasteiger partial charge is 0.341 e. The van der Waals surface area contributed by atoms with Crippen LogP contribution in [0.2, 0.25) is 0 Å². The third-order valence-corrected chi connectivity index (χ3v) is 8.54. The van der Waals surface area contributed by atoms with Gasteiger partial charge in [0.2, 0.25) is 5.91 Å². The van der Waals surface area contributed by atoms with Gasteiger partial charge in [-0.25, -0.2) is 4.79 Å². The summed E-state index contributed by atoms with van der Waals surface area (Å²) in [7, 11) is 0. The van der Waals surface area contributed by atoms with Crippen molar-refractivity contribution in [2.45, 2.75) is 83.7 Å². The highest BCUT2D eigenvalue weighted by Crippen LogP contribution is 2.39. The Hall–Kier alpha value is -3.11. The second-order valence-electron chi connectivity index (χ2n) is 9.70. The Morgan fingerprint density at radius 3 is 2.62 bits per heavy atom. The number of nitrogens with zero attached hydrogens (tertiary/aromatic N) is 3. The average Bonchev–Trinajstić information content (AvgIpc) is 3.48. The molecular formula is C29H36N4O4S2. The number of esters is 1. The van der Waals surface area contributed by atoms with E-state index in [1.807, 2.05) is 49.6 Å². The number of hydrogen-bond acceptors (Lipinski definition) is 8. The molecule has 39 heavy (non-hydrogen) atoms. The number of benzene rings is 1. The second-order valence-corrected chi connectivity index (χ2v) is 11.8. The number of anilines is 1. The summed E-state index contributed by atoms with van der Waals surface area (Å²) in [6, 6.07) is 8.01. The summed E-state index contributed by atoms with van der Waals surface area (Å²) in [5, 5.41) is 12.8. The van der Waals surface area contributed by atoms with Crippen LogP contribution in [0.4, 0.5) is 5.00 Å². The quantitative estimate of drug-likeness (QED) is 0.153. The van der Waals surface area contributed by atoms with Crippen molar-refractivity contribution in [3.05, 3.63) is 64.3 Å². The number of aryl methyl sites for hydroxylation is 2. The molecule has 0 radical (unpaired) electrons. The van der Waals surface area contributed by atoms with Gasteiger partial charge in [0.25, 0.3) is 0 Å². The standard InChI is InChI=1S/C29H36N4O4S2/c1-6-16-33-26(19(5)37-21-14-12-20(7-2)13-15-21)31-32-29(33)38-17-24(34)30-27-25(28(35)36-18(3)4)22-10-8-9-11-23(22)39-27/h6,12-15,18-19H,1,7-11,16-17H2,2-5H3,(H,30,34). The van der Waals surface area contributed by atoms with E-state index in [2.05, 4.69) is 29.0 Å². The van der Waals surface area contributed by atoms with E-state index in [0.29, 0.717) is 28.1 Å². The van der Waals surface area contributed by atoms with Crippen LogP contribution in [0, 0.1) is 0 Å². The Kier molecular flexibility index (Phi) is 9.85. The van der Waals surface area contributed by atoms with Crippen molar-refractivity contribution in [2.75, 3.05) is 11.1 Å². The first-order valence-corrected chi connectivity index (χ1v) is 15.2. The number of thioether (sulfide) groups is 1. The zero-order valence-corrected chi connectivity index (χ0v) is 24.6. The van der Waals surface area contributed by atoms with Crippen molar-refractivity contribution < 1.29 is 19.1 Å². The zero-order valence-electron chi connectivity index (χ0n) is 23.0. The third-order valence-electron chi connectivity index (χ3n) is 6.37. The molecule has 0 saturated carbocycles. The number of carbonyl (C=O) groups is 2. The van der Waals surface area contributed by atoms with Gasteiger partial charge in [0.15, 0.2) is 17.1 Å². The Morgan fingerprint density at radius 1 is 1.18 bits per heavy atom. The lowest BCUT2D eigenvalue weighted by Gasteiger charge is -2.16. The van der Waals surface area contributed by atoms with Crippen LogP contribution < -0.4 is 10.1 Å². The van der Waals surface area contributed by atoms with Gasteiger partial charge >= 0.3 is 5.97 Å². The lowest BCUT2D eigenvalue weighted by Crippen LogP contribution is -2.19. The molecule has 1 N–H and O–H groups in total. The Morgan fingerprint density at radius 2 is 1.92 bits per heavy atom. The highest BCUT2D eigenvalue weighted by molar-refractivity contribution is 7.99. The predicted molar refractivity (Wildman–Crippen MR) is 156 cm³/mol. The van der Waals surface area contributed by atoms with Crippen molar-refractivity contribution in [1.82, 2.24) is 14.8 Å². The number of nitrogens with one attached hydrogen (secondary N) is 1. The normalized spacial score (nSPS) is 13.6. The molecule has 10 heteroatoms. The minimum Gasteiger partial charge on any atom is -0.483 e. The lowest BCUT2D eigenvalue weighted by atomic mass is 9.95. The van der Waals surface area contributed by atoms with Gasteiger partial charge in [-0.2, -0.15) is 0 Å². The lowest BCUT2D eigenvalue weighted by molar-refractivity contribution is -0.113. The molecular weight excluding hydrogens is 532 g/mol. The topological polar surface area (TPSA) is 95.3 Å². The fourth-order valence-corrected chi connectivity index (χ4v) is 6.55. The van der Waals surface area contributed by atoms with Gasteiger partial charge < -0.3 is 14.8 Å². The van der Waals surface area contributed by atoms with Crippen LogP contribution in [0.3, 0.4) is 0 Å². The summed E-state index contributed by atoms with van der Waals surface area (Å²) in [4.78, 5) is 27.1. The van der Waals surface area contributed by atoms with E-state index in [-0.39, 0.29) is 29.8 Å². The zero-order chi connectivity index (χ0) is 27.9. The number of aromatic nitrogens is 3. The molecule has 0 bridgehead atoms. The van der Waals surface area contributed by atoms with E-state index in [4.69, 9.17) is 9.47 Å². The number of rotatable bonds is 12. The van der Waals surface area contributed by atoms with Gasteiger partial charge in [0.05, 0.1) is 17.4 Å². The van der Waals surface area contributed by atoms with Crippen LogP contribution in [0.25, 0.3) is 0 Å². The number of ether oxygens (including phenoxy) is 2. The van der Waals surface area contributed by atoms with E-state index in [9.17, 15) is 9.59 Å². The summed E-state index contributed by atoms with van der Waals surface area (Å²) < 4.78 is 13.5. The molecule has 8 nitrogen and oxygen atoms in total. The molecule has 1 aliphatic rings. The average molecular weight is 569 g/mol. The summed E-state index contributed by atoms with van der Waals surface area (Å²) in [5.41, 5.74) is 2.78. The molecule has 1 unspecified atom stereocenters. The van der Waals surface area contributed by atoms with Gasteiger partial charge in [-0.3, -0.25) is 9.36 Å². The first-order chi connectivity index (χ1) is 18.8. The summed E-state index contributed by atoms with van der Waals surface area (Å²) in [6.07, 6.45) is 6.02. The molecule has 2 heterocycles. The van der Waals surface area contributed by atoms with E-state index >= 15 is 0 Å². The monoisotopic (exact) mass is 568 g/mol. The molecule has 0 spiro atoms. The van der Waals surface area contributed by atoms with E-state index < -0.39 is 0 Å². The highest BCUT2D eigenvalue weighted by Gasteiger charge is 2.28.